The number of hydrogen-bond acceptors (Lipinski definition) is 5. The van der Waals surface area contributed by atoms with Crippen LogP contribution < -0.4 is 10.1 Å². The van der Waals surface area contributed by atoms with Crippen LogP contribution >= 0.6 is 11.3 Å². The molecular weight excluding hydrogens is 224 g/mol. The number of nitrogens with zero attached hydrogens (tertiary/aromatic N) is 1. The topological polar surface area (TPSA) is 54.4 Å². The van der Waals surface area contributed by atoms with E-state index >= 15 is 0 Å². The van der Waals surface area contributed by atoms with Crippen LogP contribution in [0.15, 0.2) is 18.2 Å². The van der Waals surface area contributed by atoms with Gasteiger partial charge in [-0.05, 0) is 12.1 Å². The van der Waals surface area contributed by atoms with E-state index in [0.717, 1.165) is 21.0 Å². The molecule has 1 aromatic heterocycles. The maximum atomic E-state index is 8.66. The molecule has 0 bridgehead atoms. The molecule has 0 fully saturated rings. The fourth-order valence-electron chi connectivity index (χ4n) is 1.43. The second-order valence-corrected chi connectivity index (χ2v) is 4.46. The molecular formula is C11H14N2O2S. The molecule has 2 N–H and O–H groups in total. The first-order valence-corrected chi connectivity index (χ1v) is 5.90. The molecule has 0 atom stereocenters. The Labute approximate surface area is 97.9 Å². The predicted molar refractivity (Wildman–Crippen MR) is 65.0 cm³/mol. The molecule has 86 valence electrons. The first-order valence-electron chi connectivity index (χ1n) is 5.08. The van der Waals surface area contributed by atoms with Crippen LogP contribution in [0.2, 0.25) is 0 Å². The van der Waals surface area contributed by atoms with Gasteiger partial charge in [0.15, 0.2) is 0 Å². The van der Waals surface area contributed by atoms with Gasteiger partial charge in [0.05, 0.1) is 23.9 Å². The average Bonchev–Trinajstić information content (AvgIpc) is 2.70. The van der Waals surface area contributed by atoms with Crippen molar-refractivity contribution in [1.82, 2.24) is 10.3 Å². The maximum absolute atomic E-state index is 8.66. The molecule has 16 heavy (non-hydrogen) atoms. The third-order valence-corrected chi connectivity index (χ3v) is 3.24. The minimum atomic E-state index is 0.152. The van der Waals surface area contributed by atoms with E-state index in [1.165, 1.54) is 0 Å². The lowest BCUT2D eigenvalue weighted by Gasteiger charge is -1.97. The Morgan fingerprint density at radius 2 is 2.38 bits per heavy atom. The Kier molecular flexibility index (Phi) is 3.71. The molecule has 0 radical (unpaired) electrons. The second-order valence-electron chi connectivity index (χ2n) is 3.34. The first kappa shape index (κ1) is 11.3. The van der Waals surface area contributed by atoms with Crippen LogP contribution in [0.25, 0.3) is 10.2 Å². The fraction of sp³-hybridized carbons (Fsp3) is 0.364. The summed E-state index contributed by atoms with van der Waals surface area (Å²) in [5, 5.41) is 12.8. The van der Waals surface area contributed by atoms with Crippen molar-refractivity contribution < 1.29 is 9.84 Å². The normalized spacial score (nSPS) is 10.9. The van der Waals surface area contributed by atoms with Gasteiger partial charge in [0.1, 0.15) is 10.8 Å². The lowest BCUT2D eigenvalue weighted by Crippen LogP contribution is -2.17. The zero-order chi connectivity index (χ0) is 11.4. The molecule has 4 nitrogen and oxygen atoms in total. The number of rotatable bonds is 5. The molecule has 5 heteroatoms. The van der Waals surface area contributed by atoms with Crippen molar-refractivity contribution in [2.24, 2.45) is 0 Å². The van der Waals surface area contributed by atoms with Gasteiger partial charge in [-0.15, -0.1) is 11.3 Å². The van der Waals surface area contributed by atoms with Gasteiger partial charge in [0, 0.05) is 19.2 Å². The quantitative estimate of drug-likeness (QED) is 0.773. The highest BCUT2D eigenvalue weighted by Gasteiger charge is 2.04. The summed E-state index contributed by atoms with van der Waals surface area (Å²) in [7, 11) is 1.65. The number of aliphatic hydroxyl groups is 1. The Hall–Kier alpha value is -1.17. The van der Waals surface area contributed by atoms with Crippen molar-refractivity contribution in [2.45, 2.75) is 6.54 Å². The summed E-state index contributed by atoms with van der Waals surface area (Å²) in [5.74, 6) is 0.827. The molecule has 0 aliphatic carbocycles. The minimum Gasteiger partial charge on any atom is -0.497 e. The van der Waals surface area contributed by atoms with Gasteiger partial charge in [-0.1, -0.05) is 0 Å². The molecule has 2 aromatic rings. The molecule has 1 heterocycles. The summed E-state index contributed by atoms with van der Waals surface area (Å²) >= 11 is 1.66. The Morgan fingerprint density at radius 1 is 1.50 bits per heavy atom. The third-order valence-electron chi connectivity index (χ3n) is 2.20. The summed E-state index contributed by atoms with van der Waals surface area (Å²) in [4.78, 5) is 4.49. The number of ether oxygens (including phenoxy) is 1. The van der Waals surface area contributed by atoms with Gasteiger partial charge in [0.2, 0.25) is 0 Å². The van der Waals surface area contributed by atoms with Gasteiger partial charge >= 0.3 is 0 Å². The van der Waals surface area contributed by atoms with E-state index in [4.69, 9.17) is 9.84 Å². The number of benzene rings is 1. The van der Waals surface area contributed by atoms with E-state index in [1.54, 1.807) is 18.4 Å². The highest BCUT2D eigenvalue weighted by Crippen LogP contribution is 2.25. The van der Waals surface area contributed by atoms with Crippen LogP contribution in [0.4, 0.5) is 0 Å². The number of hydrogen-bond donors (Lipinski definition) is 2. The van der Waals surface area contributed by atoms with Gasteiger partial charge in [-0.2, -0.15) is 0 Å². The van der Waals surface area contributed by atoms with Gasteiger partial charge in [-0.25, -0.2) is 4.98 Å². The highest BCUT2D eigenvalue weighted by molar-refractivity contribution is 7.18. The Balaban J connectivity index is 2.16. The number of thiazole rings is 1. The van der Waals surface area contributed by atoms with Crippen LogP contribution in [-0.2, 0) is 6.54 Å². The summed E-state index contributed by atoms with van der Waals surface area (Å²) in [6, 6.07) is 5.88. The molecule has 0 aliphatic rings. The van der Waals surface area contributed by atoms with Gasteiger partial charge in [-0.3, -0.25) is 0 Å². The van der Waals surface area contributed by atoms with Crippen molar-refractivity contribution in [1.29, 1.82) is 0 Å². The minimum absolute atomic E-state index is 0.152. The first-order chi connectivity index (χ1) is 7.83. The molecule has 0 aliphatic heterocycles. The number of methoxy groups -OCH3 is 1. The van der Waals surface area contributed by atoms with Gasteiger partial charge < -0.3 is 15.2 Å². The molecule has 0 saturated carbocycles. The monoisotopic (exact) mass is 238 g/mol. The molecule has 1 aromatic carbocycles. The van der Waals surface area contributed by atoms with E-state index in [9.17, 15) is 0 Å². The smallest absolute Gasteiger partial charge is 0.121 e. The Bertz CT molecular complexity index is 470. The van der Waals surface area contributed by atoms with Gasteiger partial charge in [0.25, 0.3) is 0 Å². The van der Waals surface area contributed by atoms with Crippen LogP contribution in [0, 0.1) is 0 Å². The van der Waals surface area contributed by atoms with Crippen LogP contribution in [0.1, 0.15) is 5.01 Å². The molecule has 0 amide bonds. The number of aliphatic hydroxyl groups excluding tert-OH is 1. The standard InChI is InChI=1S/C11H14N2O2S/c1-15-8-2-3-10-9(6-8)13-11(16-10)7-12-4-5-14/h2-3,6,12,14H,4-5,7H2,1H3. The maximum Gasteiger partial charge on any atom is 0.121 e. The lowest BCUT2D eigenvalue weighted by atomic mass is 10.3. The van der Waals surface area contributed by atoms with E-state index in [2.05, 4.69) is 10.3 Å². The molecule has 0 unspecified atom stereocenters. The lowest BCUT2D eigenvalue weighted by molar-refractivity contribution is 0.292. The largest absolute Gasteiger partial charge is 0.497 e. The summed E-state index contributed by atoms with van der Waals surface area (Å²) < 4.78 is 6.30. The van der Waals surface area contributed by atoms with Crippen molar-refractivity contribution in [3.8, 4) is 5.75 Å². The average molecular weight is 238 g/mol. The SMILES string of the molecule is COc1ccc2sc(CNCCO)nc2c1. The van der Waals surface area contributed by atoms with Crippen molar-refractivity contribution in [3.63, 3.8) is 0 Å². The number of nitrogens with one attached hydrogen (secondary N) is 1. The Morgan fingerprint density at radius 3 is 3.12 bits per heavy atom. The molecule has 0 spiro atoms. The summed E-state index contributed by atoms with van der Waals surface area (Å²) in [6.07, 6.45) is 0. The number of fused-ring (bicyclic) bond motifs is 1. The van der Waals surface area contributed by atoms with E-state index in [1.807, 2.05) is 18.2 Å². The summed E-state index contributed by atoms with van der Waals surface area (Å²) in [5.41, 5.74) is 0.963. The molecule has 0 saturated heterocycles. The van der Waals surface area contributed by atoms with E-state index < -0.39 is 0 Å². The second kappa shape index (κ2) is 5.25. The van der Waals surface area contributed by atoms with E-state index in [0.29, 0.717) is 13.1 Å². The van der Waals surface area contributed by atoms with Crippen LogP contribution in [0.5, 0.6) is 5.75 Å². The van der Waals surface area contributed by atoms with E-state index in [-0.39, 0.29) is 6.61 Å². The zero-order valence-electron chi connectivity index (χ0n) is 9.06. The molecule has 2 rings (SSSR count). The van der Waals surface area contributed by atoms with Crippen LogP contribution in [-0.4, -0.2) is 30.4 Å². The zero-order valence-corrected chi connectivity index (χ0v) is 9.88. The highest BCUT2D eigenvalue weighted by atomic mass is 32.1. The third kappa shape index (κ3) is 2.49. The number of aromatic nitrogens is 1. The van der Waals surface area contributed by atoms with Crippen molar-refractivity contribution >= 4 is 21.6 Å². The van der Waals surface area contributed by atoms with Crippen molar-refractivity contribution in [3.05, 3.63) is 23.2 Å². The fourth-order valence-corrected chi connectivity index (χ4v) is 2.35. The predicted octanol–water partition coefficient (Wildman–Crippen LogP) is 1.39. The van der Waals surface area contributed by atoms with Crippen LogP contribution in [0.3, 0.4) is 0 Å². The van der Waals surface area contributed by atoms with Crippen molar-refractivity contribution in [2.75, 3.05) is 20.3 Å². The summed E-state index contributed by atoms with van der Waals surface area (Å²) in [6.45, 7) is 1.44.